The molecule has 2 aromatic rings. The molecule has 0 aromatic heterocycles. The third kappa shape index (κ3) is 13.0. The molecule has 0 spiro atoms. The maximum absolute atomic E-state index is 10.2. The highest BCUT2D eigenvalue weighted by Crippen LogP contribution is 2.18. The minimum absolute atomic E-state index is 0.156. The zero-order valence-corrected chi connectivity index (χ0v) is 16.6. The predicted molar refractivity (Wildman–Crippen MR) is 109 cm³/mol. The molecule has 0 unspecified atom stereocenters. The molecule has 9 nitrogen and oxygen atoms in total. The Morgan fingerprint density at radius 2 is 1.03 bits per heavy atom. The maximum atomic E-state index is 10.2. The molecule has 0 aliphatic heterocycles. The third-order valence-electron chi connectivity index (χ3n) is 3.80. The van der Waals surface area contributed by atoms with Gasteiger partial charge in [0.05, 0.1) is 30.9 Å². The summed E-state index contributed by atoms with van der Waals surface area (Å²) in [6.07, 6.45) is 0.594. The second-order valence-corrected chi connectivity index (χ2v) is 5.78. The number of aliphatic hydroxyl groups is 3. The molecule has 166 valence electrons. The van der Waals surface area contributed by atoms with E-state index in [1.54, 1.807) is 60.7 Å². The van der Waals surface area contributed by atoms with Crippen LogP contribution < -0.4 is 0 Å². The van der Waals surface area contributed by atoms with Crippen molar-refractivity contribution in [2.45, 2.75) is 13.3 Å². The molecule has 2 rings (SSSR count). The Morgan fingerprint density at radius 3 is 1.13 bits per heavy atom. The molecule has 0 radical (unpaired) electrons. The lowest BCUT2D eigenvalue weighted by Gasteiger charge is -2.24. The monoisotopic (exact) mass is 424 g/mol. The van der Waals surface area contributed by atoms with Crippen molar-refractivity contribution in [1.82, 2.24) is 0 Å². The van der Waals surface area contributed by atoms with Gasteiger partial charge in [0.1, 0.15) is 0 Å². The van der Waals surface area contributed by atoms with Gasteiger partial charge in [-0.25, -0.2) is 9.59 Å². The minimum atomic E-state index is -0.879. The van der Waals surface area contributed by atoms with E-state index < -0.39 is 17.4 Å². The van der Waals surface area contributed by atoms with Gasteiger partial charge in [-0.1, -0.05) is 43.3 Å². The quantitative estimate of drug-likeness (QED) is 0.378. The van der Waals surface area contributed by atoms with Crippen molar-refractivity contribution >= 4 is 18.4 Å². The first kappa shape index (κ1) is 28.9. The Labute approximate surface area is 174 Å². The maximum Gasteiger partial charge on any atom is 0.335 e. The fourth-order valence-corrected chi connectivity index (χ4v) is 1.65. The van der Waals surface area contributed by atoms with E-state index in [2.05, 4.69) is 0 Å². The molecule has 0 aliphatic carbocycles. The van der Waals surface area contributed by atoms with Crippen LogP contribution in [0, 0.1) is 5.41 Å². The van der Waals surface area contributed by atoms with Crippen LogP contribution in [0.25, 0.3) is 0 Å². The largest absolute Gasteiger partial charge is 0.483 e. The summed E-state index contributed by atoms with van der Waals surface area (Å²) < 4.78 is 0. The topological polar surface area (TPSA) is 173 Å². The third-order valence-corrected chi connectivity index (χ3v) is 3.80. The lowest BCUT2D eigenvalue weighted by Crippen LogP contribution is -2.32. The van der Waals surface area contributed by atoms with Crippen molar-refractivity contribution < 1.29 is 45.0 Å². The molecular weight excluding hydrogens is 396 g/mol. The van der Waals surface area contributed by atoms with Crippen LogP contribution in [0.5, 0.6) is 0 Å². The van der Waals surface area contributed by atoms with Crippen LogP contribution in [0.1, 0.15) is 34.1 Å². The molecule has 0 heterocycles. The van der Waals surface area contributed by atoms with E-state index in [9.17, 15) is 9.59 Å². The standard InChI is InChI=1S/2C7H6O2.C6H14O3.CH2O2/c2*8-7(9)6-4-2-1-3-5-6;1-2-6(3-7,4-8)5-9;2-1-3/h2*1-5H,(H,8,9);7-9H,2-5H2,1H3;1H,(H,2,3). The molecule has 6 N–H and O–H groups in total. The minimum Gasteiger partial charge on any atom is -0.483 e. The van der Waals surface area contributed by atoms with Crippen LogP contribution >= 0.6 is 0 Å². The second-order valence-electron chi connectivity index (χ2n) is 5.78. The van der Waals surface area contributed by atoms with E-state index in [4.69, 9.17) is 35.4 Å². The highest BCUT2D eigenvalue weighted by atomic mass is 16.4. The summed E-state index contributed by atoms with van der Waals surface area (Å²) in [7, 11) is 0. The first-order chi connectivity index (χ1) is 14.3. The number of aromatic carboxylic acids is 2. The van der Waals surface area contributed by atoms with Gasteiger partial charge in [0.2, 0.25) is 0 Å². The Kier molecular flexibility index (Phi) is 17.2. The number of hydrogen-bond acceptors (Lipinski definition) is 6. The van der Waals surface area contributed by atoms with Gasteiger partial charge in [0.25, 0.3) is 6.47 Å². The number of carboxylic acids is 2. The highest BCUT2D eigenvalue weighted by Gasteiger charge is 2.24. The van der Waals surface area contributed by atoms with E-state index in [1.165, 1.54) is 0 Å². The number of benzene rings is 2. The van der Waals surface area contributed by atoms with Gasteiger partial charge in [-0.2, -0.15) is 0 Å². The Hall–Kier alpha value is -3.27. The average Bonchev–Trinajstić information content (AvgIpc) is 2.78. The van der Waals surface area contributed by atoms with Crippen molar-refractivity contribution in [2.24, 2.45) is 5.41 Å². The molecule has 0 saturated heterocycles. The van der Waals surface area contributed by atoms with Crippen molar-refractivity contribution in [1.29, 1.82) is 0 Å². The van der Waals surface area contributed by atoms with Gasteiger partial charge in [-0.05, 0) is 30.7 Å². The van der Waals surface area contributed by atoms with Gasteiger partial charge in [0.15, 0.2) is 0 Å². The molecule has 0 bridgehead atoms. The smallest absolute Gasteiger partial charge is 0.335 e. The second kappa shape index (κ2) is 17.8. The number of aliphatic hydroxyl groups excluding tert-OH is 3. The van der Waals surface area contributed by atoms with Crippen molar-refractivity contribution in [3.05, 3.63) is 71.8 Å². The van der Waals surface area contributed by atoms with E-state index in [0.717, 1.165) is 0 Å². The fourth-order valence-electron chi connectivity index (χ4n) is 1.65. The number of carboxylic acid groups (broad SMARTS) is 3. The van der Waals surface area contributed by atoms with Gasteiger partial charge < -0.3 is 30.6 Å². The highest BCUT2D eigenvalue weighted by molar-refractivity contribution is 5.87. The molecule has 9 heteroatoms. The molecular formula is C21H28O9. The van der Waals surface area contributed by atoms with E-state index >= 15 is 0 Å². The van der Waals surface area contributed by atoms with Crippen LogP contribution in [-0.4, -0.2) is 68.9 Å². The summed E-state index contributed by atoms with van der Waals surface area (Å²) in [5.41, 5.74) is -0.00463. The average molecular weight is 424 g/mol. The van der Waals surface area contributed by atoms with Gasteiger partial charge in [-0.15, -0.1) is 0 Å². The Morgan fingerprint density at radius 1 is 0.767 bits per heavy atom. The summed E-state index contributed by atoms with van der Waals surface area (Å²) in [6.45, 7) is 1.10. The number of hydrogen-bond donors (Lipinski definition) is 6. The summed E-state index contributed by atoms with van der Waals surface area (Å²) in [4.78, 5) is 28.8. The van der Waals surface area contributed by atoms with Crippen LogP contribution in [0.4, 0.5) is 0 Å². The van der Waals surface area contributed by atoms with Gasteiger partial charge in [0, 0.05) is 5.41 Å². The molecule has 0 fully saturated rings. The Balaban J connectivity index is 0. The van der Waals surface area contributed by atoms with Crippen molar-refractivity contribution in [3.8, 4) is 0 Å². The van der Waals surface area contributed by atoms with E-state index in [-0.39, 0.29) is 26.3 Å². The van der Waals surface area contributed by atoms with Crippen LogP contribution in [0.3, 0.4) is 0 Å². The van der Waals surface area contributed by atoms with Gasteiger partial charge in [-0.3, -0.25) is 4.79 Å². The lowest BCUT2D eigenvalue weighted by molar-refractivity contribution is -0.122. The van der Waals surface area contributed by atoms with Crippen molar-refractivity contribution in [2.75, 3.05) is 19.8 Å². The van der Waals surface area contributed by atoms with E-state index in [1.807, 2.05) is 6.92 Å². The lowest BCUT2D eigenvalue weighted by atomic mass is 9.88. The summed E-state index contributed by atoms with van der Waals surface area (Å²) >= 11 is 0. The molecule has 0 aliphatic rings. The first-order valence-corrected chi connectivity index (χ1v) is 8.74. The fraction of sp³-hybridized carbons (Fsp3) is 0.286. The van der Waals surface area contributed by atoms with Crippen molar-refractivity contribution in [3.63, 3.8) is 0 Å². The van der Waals surface area contributed by atoms with Crippen LogP contribution in [0.2, 0.25) is 0 Å². The molecule has 0 atom stereocenters. The summed E-state index contributed by atoms with van der Waals surface area (Å²) in [5, 5.41) is 49.6. The molecule has 30 heavy (non-hydrogen) atoms. The van der Waals surface area contributed by atoms with Crippen LogP contribution in [0.15, 0.2) is 60.7 Å². The zero-order chi connectivity index (χ0) is 23.4. The first-order valence-electron chi connectivity index (χ1n) is 8.74. The zero-order valence-electron chi connectivity index (χ0n) is 16.6. The molecule has 2 aromatic carbocycles. The SMILES string of the molecule is CCC(CO)(CO)CO.O=C(O)c1ccccc1.O=C(O)c1ccccc1.O=CO. The van der Waals surface area contributed by atoms with Crippen LogP contribution in [-0.2, 0) is 4.79 Å². The Bertz CT molecular complexity index is 632. The molecule has 0 saturated carbocycles. The van der Waals surface area contributed by atoms with Gasteiger partial charge >= 0.3 is 11.9 Å². The van der Waals surface area contributed by atoms with E-state index in [0.29, 0.717) is 17.5 Å². The number of carbonyl (C=O) groups is 3. The predicted octanol–water partition coefficient (Wildman–Crippen LogP) is 1.83. The summed E-state index contributed by atoms with van der Waals surface area (Å²) in [5.74, 6) is -1.76. The molecule has 0 amide bonds. The normalized spacial score (nSPS) is 9.33. The number of rotatable bonds is 6. The summed E-state index contributed by atoms with van der Waals surface area (Å²) in [6, 6.07) is 16.6.